The summed E-state index contributed by atoms with van der Waals surface area (Å²) in [6.07, 6.45) is 3.20. The van der Waals surface area contributed by atoms with Crippen LogP contribution >= 0.6 is 0 Å². The fraction of sp³-hybridized carbons (Fsp3) is 0.375. The third-order valence-electron chi connectivity index (χ3n) is 3.73. The fourth-order valence-electron chi connectivity index (χ4n) is 2.59. The Labute approximate surface area is 129 Å². The number of para-hydroxylation sites is 1. The number of morpholine rings is 1. The molecule has 1 saturated heterocycles. The summed E-state index contributed by atoms with van der Waals surface area (Å²) in [4.78, 5) is 12.3. The number of amides is 1. The summed E-state index contributed by atoms with van der Waals surface area (Å²) < 4.78 is 7.29. The molecule has 1 aliphatic heterocycles. The van der Waals surface area contributed by atoms with E-state index in [1.54, 1.807) is 10.9 Å². The van der Waals surface area contributed by atoms with Crippen molar-refractivity contribution >= 4 is 5.91 Å². The molecule has 22 heavy (non-hydrogen) atoms. The number of carbonyl (C=O) groups excluding carboxylic acids is 1. The number of ether oxygens (including phenoxy) is 1. The summed E-state index contributed by atoms with van der Waals surface area (Å²) >= 11 is 0. The fourth-order valence-corrected chi connectivity index (χ4v) is 2.59. The molecular weight excluding hydrogens is 280 g/mol. The van der Waals surface area contributed by atoms with Crippen molar-refractivity contribution in [2.45, 2.75) is 19.1 Å². The van der Waals surface area contributed by atoms with Gasteiger partial charge >= 0.3 is 0 Å². The SMILES string of the molecule is CC(NC(=O)C1CNCCO1)c1ccccc1-n1cccn1. The van der Waals surface area contributed by atoms with Crippen molar-refractivity contribution in [3.63, 3.8) is 0 Å². The van der Waals surface area contributed by atoms with Crippen LogP contribution < -0.4 is 10.6 Å². The van der Waals surface area contributed by atoms with Crippen LogP contribution in [0.25, 0.3) is 5.69 Å². The van der Waals surface area contributed by atoms with Crippen molar-refractivity contribution < 1.29 is 9.53 Å². The number of benzene rings is 1. The Morgan fingerprint density at radius 2 is 2.32 bits per heavy atom. The van der Waals surface area contributed by atoms with E-state index in [9.17, 15) is 4.79 Å². The van der Waals surface area contributed by atoms with Gasteiger partial charge in [0.2, 0.25) is 0 Å². The zero-order valence-electron chi connectivity index (χ0n) is 12.5. The minimum atomic E-state index is -0.423. The molecule has 6 heteroatoms. The smallest absolute Gasteiger partial charge is 0.250 e. The predicted molar refractivity (Wildman–Crippen MR) is 82.7 cm³/mol. The largest absolute Gasteiger partial charge is 0.366 e. The van der Waals surface area contributed by atoms with E-state index in [1.165, 1.54) is 0 Å². The van der Waals surface area contributed by atoms with Crippen LogP contribution in [-0.2, 0) is 9.53 Å². The Bertz CT molecular complexity index is 621. The van der Waals surface area contributed by atoms with Crippen LogP contribution in [-0.4, -0.2) is 41.5 Å². The molecule has 0 bridgehead atoms. The molecule has 6 nitrogen and oxygen atoms in total. The van der Waals surface area contributed by atoms with Crippen molar-refractivity contribution in [2.24, 2.45) is 0 Å². The van der Waals surface area contributed by atoms with E-state index in [2.05, 4.69) is 15.7 Å². The van der Waals surface area contributed by atoms with Gasteiger partial charge in [-0.3, -0.25) is 4.79 Å². The van der Waals surface area contributed by atoms with E-state index >= 15 is 0 Å². The third kappa shape index (κ3) is 3.18. The highest BCUT2D eigenvalue weighted by Crippen LogP contribution is 2.21. The number of hydrogen-bond acceptors (Lipinski definition) is 4. The molecule has 1 aromatic heterocycles. The average molecular weight is 300 g/mol. The number of carbonyl (C=O) groups is 1. The molecule has 0 radical (unpaired) electrons. The van der Waals surface area contributed by atoms with E-state index < -0.39 is 6.10 Å². The molecule has 2 heterocycles. The molecule has 2 N–H and O–H groups in total. The molecule has 3 rings (SSSR count). The molecule has 2 aromatic rings. The van der Waals surface area contributed by atoms with Crippen molar-refractivity contribution in [1.82, 2.24) is 20.4 Å². The second-order valence-corrected chi connectivity index (χ2v) is 5.30. The van der Waals surface area contributed by atoms with Crippen LogP contribution in [0.5, 0.6) is 0 Å². The Hall–Kier alpha value is -2.18. The predicted octanol–water partition coefficient (Wildman–Crippen LogP) is 1.04. The van der Waals surface area contributed by atoms with Crippen molar-refractivity contribution in [1.29, 1.82) is 0 Å². The maximum absolute atomic E-state index is 12.3. The molecule has 2 atom stereocenters. The maximum atomic E-state index is 12.3. The van der Waals surface area contributed by atoms with Crippen LogP contribution in [0.4, 0.5) is 0 Å². The first-order valence-corrected chi connectivity index (χ1v) is 7.47. The highest BCUT2D eigenvalue weighted by atomic mass is 16.5. The standard InChI is InChI=1S/C16H20N4O2/c1-12(19-16(21)15-11-17-8-10-22-15)13-5-2-3-6-14(13)20-9-4-7-18-20/h2-7,9,12,15,17H,8,10-11H2,1H3,(H,19,21). The monoisotopic (exact) mass is 300 g/mol. The minimum absolute atomic E-state index is 0.0880. The lowest BCUT2D eigenvalue weighted by atomic mass is 10.1. The molecule has 0 saturated carbocycles. The minimum Gasteiger partial charge on any atom is -0.366 e. The molecule has 2 unspecified atom stereocenters. The van der Waals surface area contributed by atoms with Gasteiger partial charge in [0, 0.05) is 25.5 Å². The van der Waals surface area contributed by atoms with Crippen molar-refractivity contribution in [3.05, 3.63) is 48.3 Å². The van der Waals surface area contributed by atoms with Crippen molar-refractivity contribution in [3.8, 4) is 5.69 Å². The van der Waals surface area contributed by atoms with E-state index in [0.29, 0.717) is 13.2 Å². The van der Waals surface area contributed by atoms with Crippen molar-refractivity contribution in [2.75, 3.05) is 19.7 Å². The number of hydrogen-bond donors (Lipinski definition) is 2. The third-order valence-corrected chi connectivity index (χ3v) is 3.73. The van der Waals surface area contributed by atoms with E-state index in [-0.39, 0.29) is 11.9 Å². The second kappa shape index (κ2) is 6.72. The van der Waals surface area contributed by atoms with Crippen LogP contribution in [0.15, 0.2) is 42.7 Å². The van der Waals surface area contributed by atoms with Gasteiger partial charge < -0.3 is 15.4 Å². The van der Waals surface area contributed by atoms with Gasteiger partial charge in [-0.15, -0.1) is 0 Å². The Kier molecular flexibility index (Phi) is 4.50. The Morgan fingerprint density at radius 1 is 1.45 bits per heavy atom. The summed E-state index contributed by atoms with van der Waals surface area (Å²) in [5, 5.41) is 10.5. The zero-order chi connectivity index (χ0) is 15.4. The Balaban J connectivity index is 1.75. The summed E-state index contributed by atoms with van der Waals surface area (Å²) in [6.45, 7) is 3.88. The average Bonchev–Trinajstić information content (AvgIpc) is 3.10. The first kappa shape index (κ1) is 14.7. The molecule has 0 spiro atoms. The van der Waals surface area contributed by atoms with Gasteiger partial charge in [-0.1, -0.05) is 18.2 Å². The van der Waals surface area contributed by atoms with Gasteiger partial charge in [0.05, 0.1) is 18.3 Å². The lowest BCUT2D eigenvalue weighted by Gasteiger charge is -2.25. The van der Waals surface area contributed by atoms with E-state index in [1.807, 2.05) is 43.5 Å². The zero-order valence-corrected chi connectivity index (χ0v) is 12.5. The topological polar surface area (TPSA) is 68.2 Å². The Morgan fingerprint density at radius 3 is 3.05 bits per heavy atom. The summed E-state index contributed by atoms with van der Waals surface area (Å²) in [7, 11) is 0. The summed E-state index contributed by atoms with van der Waals surface area (Å²) in [5.74, 6) is -0.0880. The number of nitrogens with one attached hydrogen (secondary N) is 2. The normalized spacial score (nSPS) is 19.6. The quantitative estimate of drug-likeness (QED) is 0.885. The maximum Gasteiger partial charge on any atom is 0.250 e. The number of nitrogens with zero attached hydrogens (tertiary/aromatic N) is 2. The molecular formula is C16H20N4O2. The van der Waals surface area contributed by atoms with Crippen LogP contribution in [0.1, 0.15) is 18.5 Å². The second-order valence-electron chi connectivity index (χ2n) is 5.30. The summed E-state index contributed by atoms with van der Waals surface area (Å²) in [5.41, 5.74) is 1.98. The van der Waals surface area contributed by atoms with E-state index in [4.69, 9.17) is 4.74 Å². The van der Waals surface area contributed by atoms with E-state index in [0.717, 1.165) is 17.8 Å². The highest BCUT2D eigenvalue weighted by Gasteiger charge is 2.24. The highest BCUT2D eigenvalue weighted by molar-refractivity contribution is 5.81. The molecule has 1 amide bonds. The first-order chi connectivity index (χ1) is 10.8. The van der Waals surface area contributed by atoms with Crippen LogP contribution in [0.2, 0.25) is 0 Å². The molecule has 1 aromatic carbocycles. The van der Waals surface area contributed by atoms with Gasteiger partial charge in [0.15, 0.2) is 0 Å². The molecule has 116 valence electrons. The van der Waals surface area contributed by atoms with Gasteiger partial charge in [-0.25, -0.2) is 4.68 Å². The number of rotatable bonds is 4. The first-order valence-electron chi connectivity index (χ1n) is 7.47. The number of aromatic nitrogens is 2. The van der Waals surface area contributed by atoms with Crippen LogP contribution in [0.3, 0.4) is 0 Å². The van der Waals surface area contributed by atoms with Gasteiger partial charge in [0.1, 0.15) is 6.10 Å². The molecule has 1 aliphatic rings. The lowest BCUT2D eigenvalue weighted by Crippen LogP contribution is -2.48. The van der Waals surface area contributed by atoms with Gasteiger partial charge in [-0.2, -0.15) is 5.10 Å². The van der Waals surface area contributed by atoms with Gasteiger partial charge in [0.25, 0.3) is 5.91 Å². The lowest BCUT2D eigenvalue weighted by molar-refractivity contribution is -0.134. The molecule has 0 aliphatic carbocycles. The van der Waals surface area contributed by atoms with Gasteiger partial charge in [-0.05, 0) is 24.6 Å². The molecule has 1 fully saturated rings. The van der Waals surface area contributed by atoms with Crippen LogP contribution in [0, 0.1) is 0 Å². The summed E-state index contributed by atoms with van der Waals surface area (Å²) in [6, 6.07) is 9.67.